The average Bonchev–Trinajstić information content (AvgIpc) is 2.89. The number of hydrogen-bond donors (Lipinski definition) is 2. The molecule has 0 radical (unpaired) electrons. The number of hydrogen-bond acceptors (Lipinski definition) is 4. The summed E-state index contributed by atoms with van der Waals surface area (Å²) >= 11 is 3.34. The Balaban J connectivity index is 1.68. The molecule has 3 N–H and O–H groups in total. The van der Waals surface area contributed by atoms with Crippen molar-refractivity contribution in [3.8, 4) is 0 Å². The van der Waals surface area contributed by atoms with Crippen LogP contribution in [0.15, 0.2) is 53.0 Å². The van der Waals surface area contributed by atoms with E-state index >= 15 is 0 Å². The molecule has 1 aliphatic heterocycles. The van der Waals surface area contributed by atoms with E-state index in [4.69, 9.17) is 15.0 Å². The lowest BCUT2D eigenvalue weighted by Gasteiger charge is -2.32. The van der Waals surface area contributed by atoms with E-state index in [9.17, 15) is 9.59 Å². The van der Waals surface area contributed by atoms with Crippen LogP contribution in [0.4, 0.5) is 0 Å². The summed E-state index contributed by atoms with van der Waals surface area (Å²) in [6, 6.07) is 13.7. The first-order valence-electron chi connectivity index (χ1n) is 9.79. The molecule has 0 saturated carbocycles. The van der Waals surface area contributed by atoms with Gasteiger partial charge in [-0.1, -0.05) is 46.3 Å². The van der Waals surface area contributed by atoms with Crippen molar-refractivity contribution in [1.29, 1.82) is 0 Å². The normalized spacial score (nSPS) is 18.1. The van der Waals surface area contributed by atoms with Gasteiger partial charge in [-0.25, -0.2) is 0 Å². The second-order valence-corrected chi connectivity index (χ2v) is 9.39. The third-order valence-corrected chi connectivity index (χ3v) is 6.17. The Morgan fingerprint density at radius 1 is 1.07 bits per heavy atom. The molecule has 158 valence electrons. The molecule has 2 amide bonds. The fraction of sp³-hybridized carbons (Fsp3) is 0.364. The molecule has 0 bridgehead atoms. The highest BCUT2D eigenvalue weighted by Crippen LogP contribution is 2.36. The maximum atomic E-state index is 12.5. The van der Waals surface area contributed by atoms with E-state index in [1.54, 1.807) is 18.2 Å². The second kappa shape index (κ2) is 8.53. The van der Waals surface area contributed by atoms with Crippen LogP contribution in [-0.2, 0) is 20.5 Å². The van der Waals surface area contributed by atoms with Crippen molar-refractivity contribution >= 4 is 40.3 Å². The van der Waals surface area contributed by atoms with Crippen LogP contribution in [0, 0.1) is 0 Å². The number of carbonyl (C=O) groups is 2. The van der Waals surface area contributed by atoms with Crippen molar-refractivity contribution in [2.45, 2.75) is 51.4 Å². The molecular weight excluding hydrogens is 447 g/mol. The summed E-state index contributed by atoms with van der Waals surface area (Å²) < 4.78 is 12.9. The minimum absolute atomic E-state index is 0.290. The zero-order valence-electron chi connectivity index (χ0n) is 17.6. The number of primary amides is 1. The van der Waals surface area contributed by atoms with Gasteiger partial charge in [-0.3, -0.25) is 9.59 Å². The Kier molecular flexibility index (Phi) is 6.41. The summed E-state index contributed by atoms with van der Waals surface area (Å²) in [7, 11) is -0.452. The summed E-state index contributed by atoms with van der Waals surface area (Å²) in [5, 5.41) is 2.72. The number of carbonyl (C=O) groups excluding carboxylic acids is 2. The van der Waals surface area contributed by atoms with Crippen molar-refractivity contribution in [3.05, 3.63) is 64.1 Å². The lowest BCUT2D eigenvalue weighted by Crippen LogP contribution is -2.45. The Hall–Kier alpha value is -2.16. The van der Waals surface area contributed by atoms with Crippen LogP contribution in [0.25, 0.3) is 0 Å². The lowest BCUT2D eigenvalue weighted by molar-refractivity contribution is -0.119. The molecule has 30 heavy (non-hydrogen) atoms. The van der Waals surface area contributed by atoms with Gasteiger partial charge in [0.15, 0.2) is 0 Å². The van der Waals surface area contributed by atoms with Crippen LogP contribution in [-0.4, -0.2) is 36.2 Å². The van der Waals surface area contributed by atoms with Crippen molar-refractivity contribution in [2.24, 2.45) is 5.73 Å². The predicted molar refractivity (Wildman–Crippen MR) is 120 cm³/mol. The molecule has 1 heterocycles. The molecule has 0 unspecified atom stereocenters. The molecule has 0 spiro atoms. The number of rotatable bonds is 6. The number of benzene rings is 2. The summed E-state index contributed by atoms with van der Waals surface area (Å²) in [5.41, 5.74) is 6.92. The SMILES string of the molecule is CC1(C)OB(c2ccc(C[C@H](NC(=O)c3cccc(Br)c3)C(N)=O)cc2)OC1(C)C. The Bertz CT molecular complexity index is 930. The third kappa shape index (κ3) is 4.94. The zero-order valence-corrected chi connectivity index (χ0v) is 19.2. The molecule has 1 aliphatic rings. The number of halogens is 1. The van der Waals surface area contributed by atoms with Gasteiger partial charge in [0.05, 0.1) is 11.2 Å². The summed E-state index contributed by atoms with van der Waals surface area (Å²) in [4.78, 5) is 24.4. The van der Waals surface area contributed by atoms with Gasteiger partial charge in [0.1, 0.15) is 6.04 Å². The molecule has 1 saturated heterocycles. The Labute approximate surface area is 185 Å². The second-order valence-electron chi connectivity index (χ2n) is 8.47. The fourth-order valence-electron chi connectivity index (χ4n) is 3.12. The zero-order chi connectivity index (χ0) is 22.1. The van der Waals surface area contributed by atoms with Gasteiger partial charge in [-0.05, 0) is 56.9 Å². The topological polar surface area (TPSA) is 90.6 Å². The highest BCUT2D eigenvalue weighted by molar-refractivity contribution is 9.10. The highest BCUT2D eigenvalue weighted by Gasteiger charge is 2.51. The van der Waals surface area contributed by atoms with E-state index in [0.29, 0.717) is 12.0 Å². The van der Waals surface area contributed by atoms with E-state index in [1.165, 1.54) is 0 Å². The van der Waals surface area contributed by atoms with Gasteiger partial charge < -0.3 is 20.4 Å². The van der Waals surface area contributed by atoms with Crippen LogP contribution in [0.2, 0.25) is 0 Å². The van der Waals surface area contributed by atoms with Crippen molar-refractivity contribution < 1.29 is 18.9 Å². The summed E-state index contributed by atoms with van der Waals surface area (Å²) in [5.74, 6) is -0.942. The first-order valence-corrected chi connectivity index (χ1v) is 10.6. The molecule has 6 nitrogen and oxygen atoms in total. The summed E-state index contributed by atoms with van der Waals surface area (Å²) in [6.07, 6.45) is 0.290. The van der Waals surface area contributed by atoms with Crippen LogP contribution in [0.3, 0.4) is 0 Å². The van der Waals surface area contributed by atoms with E-state index < -0.39 is 30.3 Å². The number of nitrogens with one attached hydrogen (secondary N) is 1. The minimum atomic E-state index is -0.820. The van der Waals surface area contributed by atoms with E-state index in [0.717, 1.165) is 15.5 Å². The Morgan fingerprint density at radius 3 is 2.20 bits per heavy atom. The molecule has 0 aliphatic carbocycles. The van der Waals surface area contributed by atoms with Crippen LogP contribution >= 0.6 is 15.9 Å². The van der Waals surface area contributed by atoms with Gasteiger partial charge in [0.2, 0.25) is 5.91 Å². The number of amides is 2. The largest absolute Gasteiger partial charge is 0.494 e. The van der Waals surface area contributed by atoms with E-state index in [2.05, 4.69) is 21.2 Å². The first-order chi connectivity index (χ1) is 14.0. The van der Waals surface area contributed by atoms with Gasteiger partial charge in [-0.2, -0.15) is 0 Å². The lowest BCUT2D eigenvalue weighted by atomic mass is 9.78. The maximum Gasteiger partial charge on any atom is 0.494 e. The molecule has 2 aromatic rings. The van der Waals surface area contributed by atoms with Crippen LogP contribution in [0.5, 0.6) is 0 Å². The summed E-state index contributed by atoms with van der Waals surface area (Å²) in [6.45, 7) is 8.03. The molecule has 2 aromatic carbocycles. The quantitative estimate of drug-likeness (QED) is 0.632. The molecule has 8 heteroatoms. The van der Waals surface area contributed by atoms with Gasteiger partial charge >= 0.3 is 7.12 Å². The molecule has 1 atom stereocenters. The predicted octanol–water partition coefficient (Wildman–Crippen LogP) is 2.57. The van der Waals surface area contributed by atoms with Crippen molar-refractivity contribution in [2.75, 3.05) is 0 Å². The molecular formula is C22H26BBrN2O4. The maximum absolute atomic E-state index is 12.5. The first kappa shape index (κ1) is 22.5. The van der Waals surface area contributed by atoms with Gasteiger partial charge in [0.25, 0.3) is 5.91 Å². The van der Waals surface area contributed by atoms with Gasteiger partial charge in [0, 0.05) is 16.5 Å². The third-order valence-electron chi connectivity index (χ3n) is 5.68. The molecule has 1 fully saturated rings. The van der Waals surface area contributed by atoms with Gasteiger partial charge in [-0.15, -0.1) is 0 Å². The molecule has 3 rings (SSSR count). The van der Waals surface area contributed by atoms with Crippen molar-refractivity contribution in [3.63, 3.8) is 0 Å². The molecule has 0 aromatic heterocycles. The van der Waals surface area contributed by atoms with Crippen LogP contribution in [0.1, 0.15) is 43.6 Å². The van der Waals surface area contributed by atoms with E-state index in [1.807, 2.05) is 58.0 Å². The smallest absolute Gasteiger partial charge is 0.399 e. The van der Waals surface area contributed by atoms with E-state index in [-0.39, 0.29) is 5.91 Å². The number of nitrogens with two attached hydrogens (primary N) is 1. The Morgan fingerprint density at radius 2 is 1.67 bits per heavy atom. The van der Waals surface area contributed by atoms with Crippen molar-refractivity contribution in [1.82, 2.24) is 5.32 Å². The monoisotopic (exact) mass is 472 g/mol. The highest BCUT2D eigenvalue weighted by atomic mass is 79.9. The average molecular weight is 473 g/mol. The minimum Gasteiger partial charge on any atom is -0.399 e. The standard InChI is InChI=1S/C22H26BBrN2O4/c1-21(2)22(3,4)30-23(29-21)16-10-8-14(9-11-16)12-18(19(25)27)26-20(28)15-6-5-7-17(24)13-15/h5-11,13,18H,12H2,1-4H3,(H2,25,27)(H,26,28)/t18-/m0/s1. The van der Waals surface area contributed by atoms with Crippen LogP contribution < -0.4 is 16.5 Å². The fourth-order valence-corrected chi connectivity index (χ4v) is 3.52.